The van der Waals surface area contributed by atoms with Crippen LogP contribution >= 0.6 is 0 Å². The molecule has 0 amide bonds. The number of para-hydroxylation sites is 1. The molecule has 28 heavy (non-hydrogen) atoms. The van der Waals surface area contributed by atoms with Crippen LogP contribution in [0.15, 0.2) is 47.5 Å². The van der Waals surface area contributed by atoms with Gasteiger partial charge in [-0.25, -0.2) is 0 Å². The van der Waals surface area contributed by atoms with Crippen LogP contribution in [0, 0.1) is 13.8 Å². The number of nitrogens with zero attached hydrogens (tertiary/aromatic N) is 1. The van der Waals surface area contributed by atoms with E-state index in [0.717, 1.165) is 24.0 Å². The Morgan fingerprint density at radius 3 is 2.18 bits per heavy atom. The molecule has 0 aromatic heterocycles. The average molecular weight is 387 g/mol. The number of benzene rings is 2. The fourth-order valence-corrected chi connectivity index (χ4v) is 2.45. The lowest BCUT2D eigenvalue weighted by molar-refractivity contribution is 0.292. The number of guanidine groups is 1. The maximum Gasteiger partial charge on any atom is 0.190 e. The number of methoxy groups -OCH3 is 1. The summed E-state index contributed by atoms with van der Waals surface area (Å²) in [6, 6.07) is 14.1. The van der Waals surface area contributed by atoms with E-state index in [0.29, 0.717) is 6.61 Å². The number of hydrogen-bond acceptors (Lipinski definition) is 4. The van der Waals surface area contributed by atoms with E-state index in [9.17, 15) is 0 Å². The molecule has 0 aliphatic carbocycles. The zero-order valence-corrected chi connectivity index (χ0v) is 17.9. The second-order valence-corrected chi connectivity index (χ2v) is 6.53. The van der Waals surface area contributed by atoms with Gasteiger partial charge >= 0.3 is 0 Å². The maximum atomic E-state index is 5.62. The van der Waals surface area contributed by atoms with Crippen LogP contribution in [0.5, 0.6) is 11.5 Å². The molecule has 4 N–H and O–H groups in total. The van der Waals surface area contributed by atoms with Gasteiger partial charge in [-0.3, -0.25) is 4.99 Å². The molecule has 0 aliphatic heterocycles. The van der Waals surface area contributed by atoms with E-state index in [1.165, 1.54) is 16.7 Å². The minimum Gasteiger partial charge on any atom is -0.497 e. The van der Waals surface area contributed by atoms with Crippen LogP contribution in [0.1, 0.15) is 23.6 Å². The molecule has 6 nitrogen and oxygen atoms in total. The number of nitrogens with one attached hydrogen (secondary N) is 2. The first-order chi connectivity index (χ1) is 13.4. The van der Waals surface area contributed by atoms with Gasteiger partial charge in [0.1, 0.15) is 18.1 Å². The van der Waals surface area contributed by atoms with Crippen molar-refractivity contribution in [2.75, 3.05) is 27.8 Å². The molecule has 0 spiro atoms. The summed E-state index contributed by atoms with van der Waals surface area (Å²) < 4.78 is 10.7. The van der Waals surface area contributed by atoms with Gasteiger partial charge in [0.2, 0.25) is 0 Å². The third-order valence-corrected chi connectivity index (χ3v) is 3.98. The Morgan fingerprint density at radius 2 is 1.71 bits per heavy atom. The lowest BCUT2D eigenvalue weighted by atomic mass is 10.1. The van der Waals surface area contributed by atoms with Gasteiger partial charge in [-0.2, -0.15) is 0 Å². The Bertz CT molecular complexity index is 708. The van der Waals surface area contributed by atoms with Crippen molar-refractivity contribution < 1.29 is 9.47 Å². The first-order valence-electron chi connectivity index (χ1n) is 9.37. The van der Waals surface area contributed by atoms with Gasteiger partial charge in [0.05, 0.1) is 7.11 Å². The third kappa shape index (κ3) is 8.31. The second-order valence-electron chi connectivity index (χ2n) is 6.53. The highest BCUT2D eigenvalue weighted by molar-refractivity contribution is 5.79. The first-order valence-corrected chi connectivity index (χ1v) is 9.37. The summed E-state index contributed by atoms with van der Waals surface area (Å²) in [5.41, 5.74) is 9.14. The van der Waals surface area contributed by atoms with Crippen LogP contribution in [0.2, 0.25) is 0 Å². The summed E-state index contributed by atoms with van der Waals surface area (Å²) in [5, 5.41) is 6.13. The summed E-state index contributed by atoms with van der Waals surface area (Å²) in [4.78, 5) is 4.03. The molecule has 154 valence electrons. The first kappa shape index (κ1) is 23.3. The van der Waals surface area contributed by atoms with Gasteiger partial charge < -0.3 is 25.8 Å². The van der Waals surface area contributed by atoms with Crippen LogP contribution in [0.3, 0.4) is 0 Å². The van der Waals surface area contributed by atoms with E-state index in [2.05, 4.69) is 15.6 Å². The maximum absolute atomic E-state index is 5.62. The van der Waals surface area contributed by atoms with Crippen LogP contribution in [-0.2, 0) is 6.54 Å². The lowest BCUT2D eigenvalue weighted by Crippen LogP contribution is -2.33. The predicted molar refractivity (Wildman–Crippen MR) is 117 cm³/mol. The van der Waals surface area contributed by atoms with Crippen molar-refractivity contribution >= 4 is 5.96 Å². The van der Waals surface area contributed by atoms with Crippen molar-refractivity contribution in [3.05, 3.63) is 59.2 Å². The number of aliphatic imine (C=N–C) groups is 1. The molecule has 6 heteroatoms. The Hall–Kier alpha value is -2.73. The molecule has 0 saturated heterocycles. The monoisotopic (exact) mass is 386 g/mol. The molecule has 2 aromatic carbocycles. The van der Waals surface area contributed by atoms with E-state index in [4.69, 9.17) is 15.2 Å². The SMILES string of the molecule is C/N=C(\NC)NCc1ccc(OC)cc1.Cc1cccc(C)c1OCC(C)N. The Morgan fingerprint density at radius 1 is 1.11 bits per heavy atom. The smallest absolute Gasteiger partial charge is 0.190 e. The molecule has 0 heterocycles. The average Bonchev–Trinajstić information content (AvgIpc) is 2.69. The molecule has 0 fully saturated rings. The normalized spacial score (nSPS) is 11.8. The molecule has 1 unspecified atom stereocenters. The Kier molecular flexibility index (Phi) is 10.5. The third-order valence-electron chi connectivity index (χ3n) is 3.98. The van der Waals surface area contributed by atoms with Crippen LogP contribution in [0.25, 0.3) is 0 Å². The molecule has 1 atom stereocenters. The number of aryl methyl sites for hydroxylation is 2. The van der Waals surface area contributed by atoms with Crippen molar-refractivity contribution in [3.8, 4) is 11.5 Å². The van der Waals surface area contributed by atoms with Gasteiger partial charge in [-0.1, -0.05) is 30.3 Å². The van der Waals surface area contributed by atoms with Crippen molar-refractivity contribution in [1.29, 1.82) is 0 Å². The predicted octanol–water partition coefficient (Wildman–Crippen LogP) is 3.02. The highest BCUT2D eigenvalue weighted by atomic mass is 16.5. The molecule has 2 aromatic rings. The zero-order valence-electron chi connectivity index (χ0n) is 17.9. The Labute approximate surface area is 169 Å². The molecular formula is C22H34N4O2. The summed E-state index contributed by atoms with van der Waals surface area (Å²) >= 11 is 0. The van der Waals surface area contributed by atoms with Crippen molar-refractivity contribution in [2.45, 2.75) is 33.4 Å². The summed E-state index contributed by atoms with van der Waals surface area (Å²) in [7, 11) is 5.24. The second kappa shape index (κ2) is 12.6. The topological polar surface area (TPSA) is 80.9 Å². The molecule has 0 bridgehead atoms. The fraction of sp³-hybridized carbons (Fsp3) is 0.409. The number of rotatable bonds is 6. The van der Waals surface area contributed by atoms with Gasteiger partial charge in [0.15, 0.2) is 5.96 Å². The van der Waals surface area contributed by atoms with E-state index in [1.807, 2.05) is 70.3 Å². The van der Waals surface area contributed by atoms with E-state index in [1.54, 1.807) is 14.2 Å². The van der Waals surface area contributed by atoms with Gasteiger partial charge in [0.25, 0.3) is 0 Å². The molecule has 0 aliphatic rings. The highest BCUT2D eigenvalue weighted by Crippen LogP contribution is 2.22. The van der Waals surface area contributed by atoms with Gasteiger partial charge in [-0.05, 0) is 49.6 Å². The van der Waals surface area contributed by atoms with Crippen molar-refractivity contribution in [3.63, 3.8) is 0 Å². The number of hydrogen-bond donors (Lipinski definition) is 3. The molecular weight excluding hydrogens is 352 g/mol. The lowest BCUT2D eigenvalue weighted by Gasteiger charge is -2.13. The van der Waals surface area contributed by atoms with Crippen molar-refractivity contribution in [1.82, 2.24) is 10.6 Å². The molecule has 2 rings (SSSR count). The fourth-order valence-electron chi connectivity index (χ4n) is 2.45. The summed E-state index contributed by atoms with van der Waals surface area (Å²) in [6.45, 7) is 7.35. The van der Waals surface area contributed by atoms with E-state index >= 15 is 0 Å². The number of ether oxygens (including phenoxy) is 2. The van der Waals surface area contributed by atoms with Crippen LogP contribution < -0.4 is 25.8 Å². The largest absolute Gasteiger partial charge is 0.497 e. The van der Waals surface area contributed by atoms with Crippen LogP contribution in [-0.4, -0.2) is 39.8 Å². The van der Waals surface area contributed by atoms with Gasteiger partial charge in [0, 0.05) is 26.7 Å². The van der Waals surface area contributed by atoms with Crippen molar-refractivity contribution in [2.24, 2.45) is 10.7 Å². The standard InChI is InChI=1S/C11H17N3O.C11H17NO/c1-12-11(13-2)14-8-9-4-6-10(15-3)7-5-9;1-8-5-4-6-9(2)11(8)13-7-10(3)12/h4-7H,8H2,1-3H3,(H2,12,13,14);4-6,10H,7,12H2,1-3H3. The zero-order chi connectivity index (χ0) is 20.9. The molecule has 0 radical (unpaired) electrons. The summed E-state index contributed by atoms with van der Waals surface area (Å²) in [5.74, 6) is 2.63. The minimum absolute atomic E-state index is 0.0824. The van der Waals surface area contributed by atoms with E-state index < -0.39 is 0 Å². The summed E-state index contributed by atoms with van der Waals surface area (Å²) in [6.07, 6.45) is 0. The van der Waals surface area contributed by atoms with Gasteiger partial charge in [-0.15, -0.1) is 0 Å². The Balaban J connectivity index is 0.000000283. The quantitative estimate of drug-likeness (QED) is 0.525. The minimum atomic E-state index is 0.0824. The van der Waals surface area contributed by atoms with E-state index in [-0.39, 0.29) is 6.04 Å². The molecule has 0 saturated carbocycles. The number of nitrogens with two attached hydrogens (primary N) is 1. The highest BCUT2D eigenvalue weighted by Gasteiger charge is 2.03. The van der Waals surface area contributed by atoms with Crippen LogP contribution in [0.4, 0.5) is 0 Å².